The second-order valence-electron chi connectivity index (χ2n) is 7.03. The largest absolute Gasteiger partial charge is 0.502 e. The Bertz CT molecular complexity index is 992. The van der Waals surface area contributed by atoms with Crippen molar-refractivity contribution in [1.82, 2.24) is 0 Å². The molecule has 3 aliphatic rings. The molecule has 3 heterocycles. The smallest absolute Gasteiger partial charge is 0.317 e. The molecule has 152 valence electrons. The quantitative estimate of drug-likeness (QED) is 0.738. The van der Waals surface area contributed by atoms with Gasteiger partial charge in [0, 0.05) is 17.5 Å². The summed E-state index contributed by atoms with van der Waals surface area (Å²) in [4.78, 5) is 12.6. The first-order chi connectivity index (χ1) is 13.9. The molecular weight excluding hydrogens is 384 g/mol. The molecule has 0 unspecified atom stereocenters. The van der Waals surface area contributed by atoms with Crippen molar-refractivity contribution >= 4 is 5.97 Å². The number of aliphatic hydroxyl groups is 1. The number of esters is 1. The van der Waals surface area contributed by atoms with Crippen LogP contribution in [0.1, 0.15) is 17.0 Å². The van der Waals surface area contributed by atoms with Crippen LogP contribution < -0.4 is 23.7 Å². The van der Waals surface area contributed by atoms with Crippen LogP contribution in [-0.4, -0.2) is 49.6 Å². The van der Waals surface area contributed by atoms with E-state index < -0.39 is 23.6 Å². The molecule has 2 N–H and O–H groups in total. The average molecular weight is 402 g/mol. The predicted molar refractivity (Wildman–Crippen MR) is 95.6 cm³/mol. The number of aromatic hydroxyl groups is 1. The van der Waals surface area contributed by atoms with Crippen molar-refractivity contribution in [3.05, 3.63) is 35.4 Å². The van der Waals surface area contributed by atoms with Gasteiger partial charge in [-0.2, -0.15) is 0 Å². The summed E-state index contributed by atoms with van der Waals surface area (Å²) in [5, 5.41) is 21.3. The summed E-state index contributed by atoms with van der Waals surface area (Å²) in [6.07, 6.45) is 0. The number of phenols is 1. The zero-order valence-corrected chi connectivity index (χ0v) is 15.6. The lowest BCUT2D eigenvalue weighted by molar-refractivity contribution is -0.173. The Hall–Kier alpha value is -3.33. The van der Waals surface area contributed by atoms with E-state index >= 15 is 0 Å². The maximum Gasteiger partial charge on any atom is 0.317 e. The maximum atomic E-state index is 12.6. The van der Waals surface area contributed by atoms with Crippen molar-refractivity contribution in [2.45, 2.75) is 11.7 Å². The molecule has 0 bridgehead atoms. The van der Waals surface area contributed by atoms with Gasteiger partial charge in [0.1, 0.15) is 11.7 Å². The fraction of sp³-hybridized carbons (Fsp3) is 0.350. The van der Waals surface area contributed by atoms with Crippen molar-refractivity contribution in [3.8, 4) is 34.5 Å². The van der Waals surface area contributed by atoms with E-state index in [0.717, 1.165) is 0 Å². The Kier molecular flexibility index (Phi) is 3.72. The summed E-state index contributed by atoms with van der Waals surface area (Å²) >= 11 is 0. The number of carbonyl (C=O) groups is 1. The molecule has 29 heavy (non-hydrogen) atoms. The van der Waals surface area contributed by atoms with Gasteiger partial charge in [-0.15, -0.1) is 0 Å². The zero-order valence-electron chi connectivity index (χ0n) is 15.6. The minimum Gasteiger partial charge on any atom is -0.502 e. The van der Waals surface area contributed by atoms with Gasteiger partial charge in [0.15, 0.2) is 29.6 Å². The number of rotatable bonds is 3. The number of phenolic OH excluding ortho intramolecular Hbond substituents is 1. The van der Waals surface area contributed by atoms with E-state index in [-0.39, 0.29) is 30.6 Å². The maximum absolute atomic E-state index is 12.6. The van der Waals surface area contributed by atoms with Gasteiger partial charge in [0.05, 0.1) is 14.2 Å². The number of hydrogen-bond donors (Lipinski definition) is 2. The second kappa shape index (κ2) is 6.08. The Morgan fingerprint density at radius 1 is 1.00 bits per heavy atom. The molecule has 5 rings (SSSR count). The van der Waals surface area contributed by atoms with Gasteiger partial charge in [-0.3, -0.25) is 4.79 Å². The molecule has 0 saturated carbocycles. The molecule has 3 atom stereocenters. The summed E-state index contributed by atoms with van der Waals surface area (Å²) in [5.41, 5.74) is 1.18. The van der Waals surface area contributed by atoms with Crippen LogP contribution >= 0.6 is 0 Å². The van der Waals surface area contributed by atoms with Gasteiger partial charge in [-0.25, -0.2) is 0 Å². The topological polar surface area (TPSA) is 113 Å². The Balaban J connectivity index is 1.75. The highest BCUT2D eigenvalue weighted by molar-refractivity contribution is 5.80. The molecule has 3 aliphatic heterocycles. The first-order valence-corrected chi connectivity index (χ1v) is 8.91. The van der Waals surface area contributed by atoms with Crippen molar-refractivity contribution in [3.63, 3.8) is 0 Å². The van der Waals surface area contributed by atoms with E-state index in [1.807, 2.05) is 0 Å². The third-order valence-electron chi connectivity index (χ3n) is 5.48. The summed E-state index contributed by atoms with van der Waals surface area (Å²) in [6, 6.07) is 6.53. The van der Waals surface area contributed by atoms with E-state index in [1.165, 1.54) is 14.2 Å². The second-order valence-corrected chi connectivity index (χ2v) is 7.03. The summed E-state index contributed by atoms with van der Waals surface area (Å²) in [6.45, 7) is -0.229. The Morgan fingerprint density at radius 2 is 1.66 bits per heavy atom. The Morgan fingerprint density at radius 3 is 2.31 bits per heavy atom. The number of carbonyl (C=O) groups excluding carboxylic acids is 1. The van der Waals surface area contributed by atoms with Crippen LogP contribution in [0.5, 0.6) is 34.5 Å². The fourth-order valence-corrected chi connectivity index (χ4v) is 4.13. The summed E-state index contributed by atoms with van der Waals surface area (Å²) in [5.74, 6) is -2.63. The van der Waals surface area contributed by atoms with Crippen LogP contribution in [0.15, 0.2) is 24.3 Å². The highest BCUT2D eigenvalue weighted by Crippen LogP contribution is 2.55. The van der Waals surface area contributed by atoms with Crippen LogP contribution in [0.4, 0.5) is 0 Å². The zero-order chi connectivity index (χ0) is 20.3. The molecule has 0 spiro atoms. The third kappa shape index (κ3) is 2.47. The predicted octanol–water partition coefficient (Wildman–Crippen LogP) is 1.52. The van der Waals surface area contributed by atoms with Crippen molar-refractivity contribution in [2.75, 3.05) is 27.6 Å². The lowest BCUT2D eigenvalue weighted by Crippen LogP contribution is -2.50. The minimum atomic E-state index is -1.85. The van der Waals surface area contributed by atoms with E-state index in [1.54, 1.807) is 24.3 Å². The molecule has 0 aliphatic carbocycles. The third-order valence-corrected chi connectivity index (χ3v) is 5.48. The van der Waals surface area contributed by atoms with Crippen molar-refractivity contribution in [1.29, 1.82) is 0 Å². The standard InChI is InChI=1S/C20H18O9/c1-24-14-3-9(4-15(25-2)18(14)21)16-10-5-12-13(28-8-27-12)6-11(10)29-20(23)7-26-19(22)17(16)20/h3-6,16-17,21,23H,7-8H2,1-2H3/t16-,17-,20+/m0/s1. The molecule has 2 aromatic carbocycles. The fourth-order valence-electron chi connectivity index (χ4n) is 4.13. The summed E-state index contributed by atoms with van der Waals surface area (Å²) < 4.78 is 32.3. The van der Waals surface area contributed by atoms with Crippen molar-refractivity contribution in [2.24, 2.45) is 5.92 Å². The first kappa shape index (κ1) is 17.7. The van der Waals surface area contributed by atoms with Crippen LogP contribution in [0, 0.1) is 5.92 Å². The number of hydrogen-bond acceptors (Lipinski definition) is 9. The number of ether oxygens (including phenoxy) is 6. The van der Waals surface area contributed by atoms with Crippen LogP contribution in [0.25, 0.3) is 0 Å². The molecule has 9 heteroatoms. The lowest BCUT2D eigenvalue weighted by atomic mass is 9.75. The molecule has 1 fully saturated rings. The van der Waals surface area contributed by atoms with Gasteiger partial charge in [-0.1, -0.05) is 0 Å². The van der Waals surface area contributed by atoms with E-state index in [9.17, 15) is 15.0 Å². The monoisotopic (exact) mass is 402 g/mol. The molecular formula is C20H18O9. The van der Waals surface area contributed by atoms with Gasteiger partial charge in [0.25, 0.3) is 5.79 Å². The lowest BCUT2D eigenvalue weighted by Gasteiger charge is -2.38. The highest BCUT2D eigenvalue weighted by Gasteiger charge is 2.59. The number of methoxy groups -OCH3 is 2. The molecule has 2 aromatic rings. The molecule has 9 nitrogen and oxygen atoms in total. The van der Waals surface area contributed by atoms with Gasteiger partial charge >= 0.3 is 5.97 Å². The molecule has 0 amide bonds. The Labute approximate surface area is 165 Å². The number of benzene rings is 2. The molecule has 0 aromatic heterocycles. The molecule has 0 radical (unpaired) electrons. The van der Waals surface area contributed by atoms with Gasteiger partial charge in [0.2, 0.25) is 12.5 Å². The summed E-state index contributed by atoms with van der Waals surface area (Å²) in [7, 11) is 2.82. The van der Waals surface area contributed by atoms with Gasteiger partial charge < -0.3 is 38.6 Å². The first-order valence-electron chi connectivity index (χ1n) is 8.91. The van der Waals surface area contributed by atoms with E-state index in [2.05, 4.69) is 0 Å². The van der Waals surface area contributed by atoms with E-state index in [4.69, 9.17) is 28.4 Å². The van der Waals surface area contributed by atoms with Crippen LogP contribution in [0.3, 0.4) is 0 Å². The van der Waals surface area contributed by atoms with Crippen LogP contribution in [0.2, 0.25) is 0 Å². The van der Waals surface area contributed by atoms with E-state index in [0.29, 0.717) is 28.4 Å². The number of fused-ring (bicyclic) bond motifs is 3. The van der Waals surface area contributed by atoms with Crippen molar-refractivity contribution < 1.29 is 43.4 Å². The normalized spacial score (nSPS) is 26.2. The van der Waals surface area contributed by atoms with Crippen LogP contribution in [-0.2, 0) is 9.53 Å². The SMILES string of the molecule is COc1cc([C@H]2c3cc4c(cc3O[C@]3(O)COC(=O)[C@H]23)OCO4)cc(OC)c1O. The van der Waals surface area contributed by atoms with Gasteiger partial charge in [-0.05, 0) is 23.8 Å². The average Bonchev–Trinajstić information content (AvgIpc) is 3.28. The molecule has 1 saturated heterocycles. The number of cyclic esters (lactones) is 1. The minimum absolute atomic E-state index is 0.0689. The highest BCUT2D eigenvalue weighted by atomic mass is 16.7.